The van der Waals surface area contributed by atoms with E-state index in [-0.39, 0.29) is 18.3 Å². The molecule has 3 aromatic rings. The number of anilines is 1. The average molecular weight is 463 g/mol. The largest absolute Gasteiger partial charge is 0.490 e. The number of aryl methyl sites for hydroxylation is 1. The van der Waals surface area contributed by atoms with E-state index < -0.39 is 11.9 Å². The summed E-state index contributed by atoms with van der Waals surface area (Å²) in [4.78, 5) is 26.4. The number of thiophene rings is 1. The minimum Gasteiger partial charge on any atom is -0.490 e. The fourth-order valence-corrected chi connectivity index (χ4v) is 4.45. The van der Waals surface area contributed by atoms with Crippen molar-refractivity contribution in [2.45, 2.75) is 40.7 Å². The number of hydrogen-bond acceptors (Lipinski definition) is 6. The number of carbonyl (C=O) groups excluding carboxylic acids is 2. The molecule has 6 nitrogen and oxygen atoms in total. The van der Waals surface area contributed by atoms with Crippen molar-refractivity contribution in [3.63, 3.8) is 0 Å². The first kappa shape index (κ1) is 24.0. The molecule has 0 radical (unpaired) electrons. The van der Waals surface area contributed by atoms with Crippen LogP contribution in [0.4, 0.5) is 5.00 Å². The first-order valence-electron chi connectivity index (χ1n) is 10.6. The number of carbonyl (C=O) groups is 2. The molecule has 0 spiro atoms. The highest BCUT2D eigenvalue weighted by Gasteiger charge is 2.23. The Morgan fingerprint density at radius 1 is 1.18 bits per heavy atom. The lowest BCUT2D eigenvalue weighted by Gasteiger charge is -2.15. The lowest BCUT2D eigenvalue weighted by molar-refractivity contribution is -0.112. The van der Waals surface area contributed by atoms with Crippen molar-refractivity contribution in [2.24, 2.45) is 0 Å². The van der Waals surface area contributed by atoms with Gasteiger partial charge in [0.1, 0.15) is 22.4 Å². The maximum Gasteiger partial charge on any atom is 0.341 e. The summed E-state index contributed by atoms with van der Waals surface area (Å²) < 4.78 is 11.1. The Morgan fingerprint density at radius 3 is 2.58 bits per heavy atom. The minimum absolute atomic E-state index is 0.0816. The maximum absolute atomic E-state index is 13.1. The Kier molecular flexibility index (Phi) is 7.52. The molecule has 3 rings (SSSR count). The van der Waals surface area contributed by atoms with Gasteiger partial charge in [-0.3, -0.25) is 4.79 Å². The zero-order valence-corrected chi connectivity index (χ0v) is 20.1. The van der Waals surface area contributed by atoms with Crippen LogP contribution in [0.1, 0.15) is 47.1 Å². The van der Waals surface area contributed by atoms with Crippen LogP contribution >= 0.6 is 11.3 Å². The molecule has 33 heavy (non-hydrogen) atoms. The average Bonchev–Trinajstić information content (AvgIpc) is 3.05. The van der Waals surface area contributed by atoms with Gasteiger partial charge in [-0.15, -0.1) is 11.3 Å². The summed E-state index contributed by atoms with van der Waals surface area (Å²) in [5.74, 6) is -0.522. The molecule has 1 N–H and O–H groups in total. The van der Waals surface area contributed by atoms with Gasteiger partial charge in [0.25, 0.3) is 5.91 Å². The Labute approximate surface area is 197 Å². The van der Waals surface area contributed by atoms with E-state index >= 15 is 0 Å². The predicted molar refractivity (Wildman–Crippen MR) is 132 cm³/mol. The summed E-state index contributed by atoms with van der Waals surface area (Å²) in [7, 11) is 0. The molecule has 170 valence electrons. The number of nitrogens with one attached hydrogen (secondary N) is 1. The summed E-state index contributed by atoms with van der Waals surface area (Å²) in [6.45, 7) is 9.45. The number of hydrogen-bond donors (Lipinski definition) is 1. The molecule has 1 aromatic heterocycles. The van der Waals surface area contributed by atoms with Crippen LogP contribution in [-0.2, 0) is 9.53 Å². The van der Waals surface area contributed by atoms with Crippen molar-refractivity contribution in [3.05, 3.63) is 63.5 Å². The Bertz CT molecular complexity index is 1280. The van der Waals surface area contributed by atoms with Crippen LogP contribution in [-0.4, -0.2) is 24.6 Å². The van der Waals surface area contributed by atoms with Crippen LogP contribution in [0.15, 0.2) is 42.0 Å². The first-order chi connectivity index (χ1) is 15.8. The Hall–Kier alpha value is -3.63. The Balaban J connectivity index is 2.05. The number of nitriles is 1. The van der Waals surface area contributed by atoms with E-state index in [0.717, 1.165) is 21.2 Å². The molecule has 0 aliphatic rings. The predicted octanol–water partition coefficient (Wildman–Crippen LogP) is 6.03. The molecule has 0 aliphatic heterocycles. The number of fused-ring (bicyclic) bond motifs is 1. The molecular formula is C26H26N2O4S. The highest BCUT2D eigenvalue weighted by molar-refractivity contribution is 7.16. The van der Waals surface area contributed by atoms with Gasteiger partial charge in [0, 0.05) is 10.4 Å². The number of benzene rings is 2. The monoisotopic (exact) mass is 462 g/mol. The second-order valence-corrected chi connectivity index (χ2v) is 8.92. The van der Waals surface area contributed by atoms with E-state index in [9.17, 15) is 14.9 Å². The van der Waals surface area contributed by atoms with E-state index in [1.165, 1.54) is 17.4 Å². The fourth-order valence-electron chi connectivity index (χ4n) is 3.41. The third kappa shape index (κ3) is 5.24. The molecule has 0 saturated heterocycles. The topological polar surface area (TPSA) is 88.4 Å². The van der Waals surface area contributed by atoms with E-state index in [2.05, 4.69) is 5.32 Å². The second kappa shape index (κ2) is 10.3. The summed E-state index contributed by atoms with van der Waals surface area (Å²) in [5, 5.41) is 14.7. The molecule has 2 aromatic carbocycles. The highest BCUT2D eigenvalue weighted by Crippen LogP contribution is 2.34. The van der Waals surface area contributed by atoms with Crippen molar-refractivity contribution in [1.82, 2.24) is 0 Å². The van der Waals surface area contributed by atoms with Crippen LogP contribution in [0.2, 0.25) is 0 Å². The highest BCUT2D eigenvalue weighted by atomic mass is 32.1. The summed E-state index contributed by atoms with van der Waals surface area (Å²) in [5.41, 5.74) is 1.62. The van der Waals surface area contributed by atoms with Gasteiger partial charge in [-0.25, -0.2) is 4.79 Å². The summed E-state index contributed by atoms with van der Waals surface area (Å²) in [6.07, 6.45) is 1.45. The van der Waals surface area contributed by atoms with Crippen molar-refractivity contribution in [3.8, 4) is 11.8 Å². The zero-order valence-electron chi connectivity index (χ0n) is 19.3. The molecule has 0 saturated carbocycles. The van der Waals surface area contributed by atoms with Crippen molar-refractivity contribution in [2.75, 3.05) is 11.9 Å². The molecule has 1 amide bonds. The number of rotatable bonds is 7. The second-order valence-electron chi connectivity index (χ2n) is 7.70. The molecule has 0 unspecified atom stereocenters. The lowest BCUT2D eigenvalue weighted by atomic mass is 10.0. The van der Waals surface area contributed by atoms with Crippen LogP contribution in [0, 0.1) is 25.2 Å². The molecule has 0 bridgehead atoms. The first-order valence-corrected chi connectivity index (χ1v) is 11.5. The van der Waals surface area contributed by atoms with Gasteiger partial charge in [-0.05, 0) is 63.1 Å². The number of amides is 1. The van der Waals surface area contributed by atoms with E-state index in [0.29, 0.717) is 21.9 Å². The van der Waals surface area contributed by atoms with Gasteiger partial charge in [0.2, 0.25) is 0 Å². The molecule has 7 heteroatoms. The Morgan fingerprint density at radius 2 is 1.91 bits per heavy atom. The number of esters is 1. The fraction of sp³-hybridized carbons (Fsp3) is 0.269. The van der Waals surface area contributed by atoms with Crippen LogP contribution in [0.5, 0.6) is 5.75 Å². The quantitative estimate of drug-likeness (QED) is 0.263. The van der Waals surface area contributed by atoms with Crippen molar-refractivity contribution >= 4 is 45.1 Å². The SMILES string of the molecule is CCOC(=O)c1c(NC(=O)C(C#N)=Cc2c(OC(C)C)ccc3ccccc23)sc(C)c1C. The summed E-state index contributed by atoms with van der Waals surface area (Å²) >= 11 is 1.28. The van der Waals surface area contributed by atoms with Gasteiger partial charge >= 0.3 is 5.97 Å². The number of ether oxygens (including phenoxy) is 2. The van der Waals surface area contributed by atoms with Crippen molar-refractivity contribution in [1.29, 1.82) is 5.26 Å². The lowest BCUT2D eigenvalue weighted by Crippen LogP contribution is -2.16. The van der Waals surface area contributed by atoms with Crippen LogP contribution in [0.3, 0.4) is 0 Å². The van der Waals surface area contributed by atoms with Gasteiger partial charge in [-0.2, -0.15) is 5.26 Å². The molecule has 0 atom stereocenters. The standard InChI is InChI=1S/C26H26N2O4S/c1-6-31-26(30)23-16(4)17(5)33-25(23)28-24(29)19(14-27)13-21-20-10-8-7-9-18(20)11-12-22(21)32-15(2)3/h7-13,15H,6H2,1-5H3,(H,28,29). The summed E-state index contributed by atoms with van der Waals surface area (Å²) in [6, 6.07) is 13.5. The van der Waals surface area contributed by atoms with Crippen LogP contribution in [0.25, 0.3) is 16.8 Å². The zero-order chi connectivity index (χ0) is 24.1. The van der Waals surface area contributed by atoms with Crippen molar-refractivity contribution < 1.29 is 19.1 Å². The third-order valence-electron chi connectivity index (χ3n) is 5.04. The van der Waals surface area contributed by atoms with E-state index in [1.807, 2.05) is 63.2 Å². The normalized spacial score (nSPS) is 11.4. The molecular weight excluding hydrogens is 436 g/mol. The smallest absolute Gasteiger partial charge is 0.341 e. The third-order valence-corrected chi connectivity index (χ3v) is 6.16. The molecule has 1 heterocycles. The minimum atomic E-state index is -0.604. The molecule has 0 fully saturated rings. The molecule has 0 aliphatic carbocycles. The van der Waals surface area contributed by atoms with E-state index in [1.54, 1.807) is 13.8 Å². The van der Waals surface area contributed by atoms with Gasteiger partial charge < -0.3 is 14.8 Å². The van der Waals surface area contributed by atoms with Gasteiger partial charge in [0.15, 0.2) is 0 Å². The van der Waals surface area contributed by atoms with Gasteiger partial charge in [0.05, 0.1) is 18.3 Å². The van der Waals surface area contributed by atoms with E-state index in [4.69, 9.17) is 9.47 Å². The maximum atomic E-state index is 13.1. The van der Waals surface area contributed by atoms with Crippen LogP contribution < -0.4 is 10.1 Å². The van der Waals surface area contributed by atoms with Gasteiger partial charge in [-0.1, -0.05) is 30.3 Å². The number of nitrogens with zero attached hydrogens (tertiary/aromatic N) is 1.